The SMILES string of the molecule is CC(C)(C)[Si](C)(C)OCc1cc2nc(Cl)ccc2o1. The standard InChI is InChI=1S/C14H20ClNO2Si/c1-14(2,3)19(4,5)17-9-10-8-11-12(18-10)6-7-13(15)16-11/h6-8H,9H2,1-5H3. The molecule has 0 aromatic carbocycles. The fourth-order valence-corrected chi connectivity index (χ4v) is 2.58. The van der Waals surface area contributed by atoms with E-state index in [2.05, 4.69) is 38.8 Å². The fraction of sp³-hybridized carbons (Fsp3) is 0.500. The van der Waals surface area contributed by atoms with Crippen LogP contribution >= 0.6 is 11.6 Å². The molecule has 0 aliphatic rings. The van der Waals surface area contributed by atoms with E-state index in [-0.39, 0.29) is 5.04 Å². The maximum atomic E-state index is 6.12. The van der Waals surface area contributed by atoms with Crippen LogP contribution in [0.2, 0.25) is 23.3 Å². The third kappa shape index (κ3) is 3.19. The normalized spacial score (nSPS) is 13.2. The summed E-state index contributed by atoms with van der Waals surface area (Å²) in [6.07, 6.45) is 0. The van der Waals surface area contributed by atoms with Crippen LogP contribution in [0.25, 0.3) is 11.1 Å². The molecular formula is C14H20ClNO2Si. The van der Waals surface area contributed by atoms with Gasteiger partial charge in [-0.05, 0) is 30.3 Å². The van der Waals surface area contributed by atoms with E-state index in [4.69, 9.17) is 20.4 Å². The van der Waals surface area contributed by atoms with Gasteiger partial charge in [0.25, 0.3) is 0 Å². The zero-order chi connectivity index (χ0) is 14.3. The highest BCUT2D eigenvalue weighted by molar-refractivity contribution is 6.74. The van der Waals surface area contributed by atoms with Crippen molar-refractivity contribution in [1.29, 1.82) is 0 Å². The van der Waals surface area contributed by atoms with E-state index in [0.717, 1.165) is 16.9 Å². The van der Waals surface area contributed by atoms with Crippen LogP contribution in [0.3, 0.4) is 0 Å². The summed E-state index contributed by atoms with van der Waals surface area (Å²) in [6, 6.07) is 5.46. The van der Waals surface area contributed by atoms with Gasteiger partial charge >= 0.3 is 0 Å². The van der Waals surface area contributed by atoms with Gasteiger partial charge in [0.05, 0.1) is 6.61 Å². The molecule has 0 radical (unpaired) electrons. The summed E-state index contributed by atoms with van der Waals surface area (Å²) in [5.74, 6) is 0.801. The lowest BCUT2D eigenvalue weighted by atomic mass is 10.2. The molecule has 0 aliphatic carbocycles. The number of nitrogens with zero attached hydrogens (tertiary/aromatic N) is 1. The number of hydrogen-bond donors (Lipinski definition) is 0. The lowest BCUT2D eigenvalue weighted by Crippen LogP contribution is -2.40. The van der Waals surface area contributed by atoms with Gasteiger partial charge in [-0.3, -0.25) is 0 Å². The van der Waals surface area contributed by atoms with E-state index in [9.17, 15) is 0 Å². The van der Waals surface area contributed by atoms with Gasteiger partial charge in [-0.25, -0.2) is 4.98 Å². The van der Waals surface area contributed by atoms with Crippen molar-refractivity contribution in [3.8, 4) is 0 Å². The van der Waals surface area contributed by atoms with Gasteiger partial charge in [-0.1, -0.05) is 32.4 Å². The molecule has 0 bridgehead atoms. The first-order valence-electron chi connectivity index (χ1n) is 6.38. The van der Waals surface area contributed by atoms with Gasteiger partial charge in [0.1, 0.15) is 16.4 Å². The maximum Gasteiger partial charge on any atom is 0.192 e. The highest BCUT2D eigenvalue weighted by Crippen LogP contribution is 2.37. The lowest BCUT2D eigenvalue weighted by Gasteiger charge is -2.35. The van der Waals surface area contributed by atoms with E-state index < -0.39 is 8.32 Å². The number of aromatic nitrogens is 1. The van der Waals surface area contributed by atoms with Crippen molar-refractivity contribution in [2.75, 3.05) is 0 Å². The molecule has 2 aromatic heterocycles. The Morgan fingerprint density at radius 1 is 1.32 bits per heavy atom. The molecule has 0 unspecified atom stereocenters. The highest BCUT2D eigenvalue weighted by atomic mass is 35.5. The predicted octanol–water partition coefficient (Wildman–Crippen LogP) is 5.00. The summed E-state index contributed by atoms with van der Waals surface area (Å²) >= 11 is 5.86. The minimum Gasteiger partial charge on any atom is -0.457 e. The Balaban J connectivity index is 2.14. The Hall–Kier alpha value is -0.843. The van der Waals surface area contributed by atoms with E-state index in [1.807, 2.05) is 12.1 Å². The van der Waals surface area contributed by atoms with E-state index in [0.29, 0.717) is 11.8 Å². The molecule has 3 nitrogen and oxygen atoms in total. The number of rotatable bonds is 3. The van der Waals surface area contributed by atoms with E-state index in [1.54, 1.807) is 6.07 Å². The summed E-state index contributed by atoms with van der Waals surface area (Å²) in [4.78, 5) is 4.22. The molecule has 0 spiro atoms. The third-order valence-electron chi connectivity index (χ3n) is 3.77. The van der Waals surface area contributed by atoms with Crippen LogP contribution in [0.15, 0.2) is 22.6 Å². The molecule has 0 saturated heterocycles. The molecule has 0 amide bonds. The molecule has 2 heterocycles. The first-order valence-corrected chi connectivity index (χ1v) is 9.67. The molecule has 104 valence electrons. The summed E-state index contributed by atoms with van der Waals surface area (Å²) < 4.78 is 11.8. The van der Waals surface area contributed by atoms with Crippen molar-refractivity contribution in [1.82, 2.24) is 4.98 Å². The van der Waals surface area contributed by atoms with Crippen molar-refractivity contribution < 1.29 is 8.84 Å². The first kappa shape index (κ1) is 14.6. The van der Waals surface area contributed by atoms with Crippen molar-refractivity contribution >= 4 is 31.0 Å². The summed E-state index contributed by atoms with van der Waals surface area (Å²) in [5, 5.41) is 0.672. The monoisotopic (exact) mass is 297 g/mol. The molecule has 0 atom stereocenters. The summed E-state index contributed by atoms with van der Waals surface area (Å²) in [6.45, 7) is 11.6. The zero-order valence-electron chi connectivity index (χ0n) is 12.1. The summed E-state index contributed by atoms with van der Waals surface area (Å²) in [5.41, 5.74) is 1.53. The third-order valence-corrected chi connectivity index (χ3v) is 8.46. The number of halogens is 1. The smallest absolute Gasteiger partial charge is 0.192 e. The van der Waals surface area contributed by atoms with Gasteiger partial charge in [0.2, 0.25) is 0 Å². The van der Waals surface area contributed by atoms with E-state index in [1.165, 1.54) is 0 Å². The second-order valence-corrected chi connectivity index (χ2v) is 11.5. The highest BCUT2D eigenvalue weighted by Gasteiger charge is 2.37. The van der Waals surface area contributed by atoms with Gasteiger partial charge in [0.15, 0.2) is 13.9 Å². The fourth-order valence-electron chi connectivity index (χ4n) is 1.49. The molecule has 2 aromatic rings. The molecule has 0 N–H and O–H groups in total. The van der Waals surface area contributed by atoms with Crippen LogP contribution in [0, 0.1) is 0 Å². The van der Waals surface area contributed by atoms with Crippen LogP contribution in [0.5, 0.6) is 0 Å². The predicted molar refractivity (Wildman–Crippen MR) is 81.0 cm³/mol. The minimum absolute atomic E-state index is 0.195. The van der Waals surface area contributed by atoms with Crippen LogP contribution in [0.1, 0.15) is 26.5 Å². The maximum absolute atomic E-state index is 6.12. The second-order valence-electron chi connectivity index (χ2n) is 6.28. The zero-order valence-corrected chi connectivity index (χ0v) is 13.8. The minimum atomic E-state index is -1.75. The Labute approximate surface area is 120 Å². The quantitative estimate of drug-likeness (QED) is 0.590. The lowest BCUT2D eigenvalue weighted by molar-refractivity contribution is 0.249. The van der Waals surface area contributed by atoms with Crippen molar-refractivity contribution in [2.45, 2.75) is 45.5 Å². The topological polar surface area (TPSA) is 35.3 Å². The summed E-state index contributed by atoms with van der Waals surface area (Å²) in [7, 11) is -1.75. The number of hydrogen-bond acceptors (Lipinski definition) is 3. The second kappa shape index (κ2) is 4.92. The average molecular weight is 298 g/mol. The Kier molecular flexibility index (Phi) is 3.77. The van der Waals surface area contributed by atoms with Crippen LogP contribution in [-0.4, -0.2) is 13.3 Å². The first-order chi connectivity index (χ1) is 8.69. The van der Waals surface area contributed by atoms with Gasteiger partial charge in [-0.15, -0.1) is 0 Å². The molecule has 5 heteroatoms. The molecule has 0 fully saturated rings. The average Bonchev–Trinajstić information content (AvgIpc) is 2.67. The largest absolute Gasteiger partial charge is 0.457 e. The molecule has 19 heavy (non-hydrogen) atoms. The van der Waals surface area contributed by atoms with Crippen LogP contribution in [-0.2, 0) is 11.0 Å². The van der Waals surface area contributed by atoms with Gasteiger partial charge < -0.3 is 8.84 Å². The van der Waals surface area contributed by atoms with Crippen LogP contribution in [0.4, 0.5) is 0 Å². The number of pyridine rings is 1. The molecule has 2 rings (SSSR count). The van der Waals surface area contributed by atoms with E-state index >= 15 is 0 Å². The van der Waals surface area contributed by atoms with Crippen molar-refractivity contribution in [3.05, 3.63) is 29.1 Å². The Bertz CT molecular complexity index is 587. The van der Waals surface area contributed by atoms with Crippen molar-refractivity contribution in [2.24, 2.45) is 0 Å². The molecule has 0 saturated carbocycles. The van der Waals surface area contributed by atoms with Crippen molar-refractivity contribution in [3.63, 3.8) is 0 Å². The van der Waals surface area contributed by atoms with Crippen LogP contribution < -0.4 is 0 Å². The molecule has 0 aliphatic heterocycles. The number of furan rings is 1. The Morgan fingerprint density at radius 2 is 2.00 bits per heavy atom. The molecular weight excluding hydrogens is 278 g/mol. The Morgan fingerprint density at radius 3 is 2.63 bits per heavy atom. The number of fused-ring (bicyclic) bond motifs is 1. The van der Waals surface area contributed by atoms with Gasteiger partial charge in [-0.2, -0.15) is 0 Å². The van der Waals surface area contributed by atoms with Gasteiger partial charge in [0, 0.05) is 6.07 Å².